The largest absolute Gasteiger partial charge is 0.384 e. The van der Waals surface area contributed by atoms with Crippen LogP contribution >= 0.6 is 0 Å². The molecule has 2 aromatic rings. The molecule has 0 unspecified atom stereocenters. The second-order valence-corrected chi connectivity index (χ2v) is 8.12. The van der Waals surface area contributed by atoms with Crippen LogP contribution in [0.1, 0.15) is 43.4 Å². The molecule has 30 heavy (non-hydrogen) atoms. The Hall–Kier alpha value is -2.98. The monoisotopic (exact) mass is 406 g/mol. The number of carbonyl (C=O) groups is 1. The van der Waals surface area contributed by atoms with Gasteiger partial charge in [-0.1, -0.05) is 19.3 Å². The van der Waals surface area contributed by atoms with Gasteiger partial charge in [-0.3, -0.25) is 4.79 Å². The summed E-state index contributed by atoms with van der Waals surface area (Å²) in [5.41, 5.74) is 2.34. The second kappa shape index (κ2) is 10.7. The number of nitrogens with one attached hydrogen (secondary N) is 2. The first kappa shape index (κ1) is 21.7. The summed E-state index contributed by atoms with van der Waals surface area (Å²) in [4.78, 5) is 27.1. The molecule has 0 saturated heterocycles. The van der Waals surface area contributed by atoms with Crippen molar-refractivity contribution in [3.8, 4) is 12.3 Å². The van der Waals surface area contributed by atoms with Crippen molar-refractivity contribution in [2.45, 2.75) is 38.5 Å². The van der Waals surface area contributed by atoms with E-state index in [1.54, 1.807) is 18.6 Å². The molecular weight excluding hydrogens is 376 g/mol. The van der Waals surface area contributed by atoms with Crippen LogP contribution in [-0.2, 0) is 11.2 Å². The number of hydrogen-bond donors (Lipinski definition) is 2. The lowest BCUT2D eigenvalue weighted by molar-refractivity contribution is -0.119. The van der Waals surface area contributed by atoms with Gasteiger partial charge in [-0.05, 0) is 38.8 Å². The number of nitrogens with zero attached hydrogens (tertiary/aromatic N) is 4. The fraction of sp³-hybridized carbons (Fsp3) is 0.478. The lowest BCUT2D eigenvalue weighted by atomic mass is 9.89. The molecule has 0 spiro atoms. The number of hydrogen-bond acceptors (Lipinski definition) is 7. The zero-order valence-electron chi connectivity index (χ0n) is 17.8. The molecule has 0 amide bonds. The molecule has 158 valence electrons. The van der Waals surface area contributed by atoms with E-state index in [1.807, 2.05) is 25.1 Å². The summed E-state index contributed by atoms with van der Waals surface area (Å²) >= 11 is 0. The zero-order valence-corrected chi connectivity index (χ0v) is 17.8. The number of carbonyl (C=O) groups excluding carboxylic acids is 1. The molecule has 3 rings (SSSR count). The van der Waals surface area contributed by atoms with Gasteiger partial charge in [0.15, 0.2) is 5.78 Å². The van der Waals surface area contributed by atoms with Gasteiger partial charge in [-0.15, -0.1) is 6.42 Å². The van der Waals surface area contributed by atoms with Gasteiger partial charge in [0.25, 0.3) is 0 Å². The van der Waals surface area contributed by atoms with E-state index in [4.69, 9.17) is 6.42 Å². The molecule has 1 fully saturated rings. The van der Waals surface area contributed by atoms with Crippen molar-refractivity contribution in [2.24, 2.45) is 5.92 Å². The number of pyridine rings is 1. The number of anilines is 3. The minimum atomic E-state index is 0.166. The summed E-state index contributed by atoms with van der Waals surface area (Å²) < 4.78 is 0. The topological polar surface area (TPSA) is 83.0 Å². The van der Waals surface area contributed by atoms with Gasteiger partial charge in [0.2, 0.25) is 0 Å². The minimum absolute atomic E-state index is 0.166. The van der Waals surface area contributed by atoms with Crippen molar-refractivity contribution in [3.05, 3.63) is 35.9 Å². The third-order valence-electron chi connectivity index (χ3n) is 5.23. The molecule has 1 aliphatic carbocycles. The van der Waals surface area contributed by atoms with Crippen molar-refractivity contribution in [1.82, 2.24) is 19.9 Å². The van der Waals surface area contributed by atoms with E-state index in [0.717, 1.165) is 17.8 Å². The first-order chi connectivity index (χ1) is 14.5. The van der Waals surface area contributed by atoms with Crippen molar-refractivity contribution in [2.75, 3.05) is 37.8 Å². The maximum Gasteiger partial charge on any atom is 0.151 e. The zero-order chi connectivity index (χ0) is 21.3. The van der Waals surface area contributed by atoms with Gasteiger partial charge in [-0.2, -0.15) is 0 Å². The Morgan fingerprint density at radius 2 is 1.90 bits per heavy atom. The summed E-state index contributed by atoms with van der Waals surface area (Å²) in [5.74, 6) is 4.51. The van der Waals surface area contributed by atoms with Crippen molar-refractivity contribution < 1.29 is 4.79 Å². The third-order valence-corrected chi connectivity index (χ3v) is 5.23. The van der Waals surface area contributed by atoms with Gasteiger partial charge in [0, 0.05) is 36.5 Å². The van der Waals surface area contributed by atoms with E-state index < -0.39 is 0 Å². The molecule has 2 heterocycles. The lowest BCUT2D eigenvalue weighted by Crippen LogP contribution is -2.24. The average Bonchev–Trinajstić information content (AvgIpc) is 2.74. The van der Waals surface area contributed by atoms with Crippen LogP contribution in [0.15, 0.2) is 24.7 Å². The van der Waals surface area contributed by atoms with Crippen LogP contribution in [0, 0.1) is 18.3 Å². The van der Waals surface area contributed by atoms with Crippen LogP contribution in [0.3, 0.4) is 0 Å². The van der Waals surface area contributed by atoms with E-state index >= 15 is 0 Å². The first-order valence-electron chi connectivity index (χ1n) is 10.5. The summed E-state index contributed by atoms with van der Waals surface area (Å²) in [6.45, 7) is 1.33. The minimum Gasteiger partial charge on any atom is -0.384 e. The summed E-state index contributed by atoms with van der Waals surface area (Å²) in [6, 6.07) is 1.94. The highest BCUT2D eigenvalue weighted by Crippen LogP contribution is 2.26. The molecule has 0 radical (unpaired) electrons. The smallest absolute Gasteiger partial charge is 0.151 e. The second-order valence-electron chi connectivity index (χ2n) is 8.12. The normalized spacial score (nSPS) is 14.3. The van der Waals surface area contributed by atoms with E-state index in [-0.39, 0.29) is 5.78 Å². The summed E-state index contributed by atoms with van der Waals surface area (Å²) in [6.07, 6.45) is 17.0. The molecule has 1 aliphatic rings. The fourth-order valence-electron chi connectivity index (χ4n) is 3.72. The average molecular weight is 407 g/mol. The molecule has 0 aliphatic heterocycles. The molecular formula is C23H30N6O. The Bertz CT molecular complexity index is 882. The number of ketones is 1. The maximum atomic E-state index is 12.4. The SMILES string of the molecule is C#Cc1cnc(Nc2cc(NCC3CCCCC3)c(CC(=O)CN(C)C)cn2)cn1. The quantitative estimate of drug-likeness (QED) is 0.619. The van der Waals surface area contributed by atoms with E-state index in [9.17, 15) is 4.79 Å². The molecule has 0 bridgehead atoms. The fourth-order valence-corrected chi connectivity index (χ4v) is 3.72. The summed E-state index contributed by atoms with van der Waals surface area (Å²) in [5, 5.41) is 6.74. The van der Waals surface area contributed by atoms with Crippen molar-refractivity contribution in [1.29, 1.82) is 0 Å². The number of likely N-dealkylation sites (N-methyl/N-ethyl adjacent to an activating group) is 1. The van der Waals surface area contributed by atoms with Gasteiger partial charge in [0.05, 0.1) is 18.9 Å². The van der Waals surface area contributed by atoms with Gasteiger partial charge in [0.1, 0.15) is 17.3 Å². The van der Waals surface area contributed by atoms with Gasteiger partial charge < -0.3 is 15.5 Å². The molecule has 0 aromatic carbocycles. The van der Waals surface area contributed by atoms with Crippen LogP contribution in [-0.4, -0.2) is 52.8 Å². The molecule has 1 saturated carbocycles. The van der Waals surface area contributed by atoms with Crippen LogP contribution in [0.2, 0.25) is 0 Å². The molecule has 7 nitrogen and oxygen atoms in total. The predicted octanol–water partition coefficient (Wildman–Crippen LogP) is 3.26. The highest BCUT2D eigenvalue weighted by Gasteiger charge is 2.16. The van der Waals surface area contributed by atoms with Crippen molar-refractivity contribution >= 4 is 23.1 Å². The standard InChI is InChI=1S/C23H30N6O/c1-4-19-14-27-23(15-24-19)28-22-11-21(25-12-17-8-6-5-7-9-17)18(13-26-22)10-20(30)16-29(2)3/h1,11,13-15,17H,5-10,12,16H2,2-3H3,(H2,25,26,27,28). The lowest BCUT2D eigenvalue weighted by Gasteiger charge is -2.23. The predicted molar refractivity (Wildman–Crippen MR) is 120 cm³/mol. The Morgan fingerprint density at radius 3 is 2.57 bits per heavy atom. The van der Waals surface area contributed by atoms with Gasteiger partial charge >= 0.3 is 0 Å². The molecule has 2 aromatic heterocycles. The molecule has 2 N–H and O–H groups in total. The highest BCUT2D eigenvalue weighted by atomic mass is 16.1. The van der Waals surface area contributed by atoms with E-state index in [1.165, 1.54) is 32.1 Å². The Kier molecular flexibility index (Phi) is 7.75. The Balaban J connectivity index is 1.75. The molecule has 0 atom stereocenters. The number of terminal acetylenes is 1. The van der Waals surface area contributed by atoms with Crippen LogP contribution < -0.4 is 10.6 Å². The Labute approximate surface area is 178 Å². The van der Waals surface area contributed by atoms with Crippen LogP contribution in [0.5, 0.6) is 0 Å². The van der Waals surface area contributed by atoms with Crippen molar-refractivity contribution in [3.63, 3.8) is 0 Å². The number of rotatable bonds is 9. The third kappa shape index (κ3) is 6.53. The first-order valence-corrected chi connectivity index (χ1v) is 10.5. The van der Waals surface area contributed by atoms with Crippen LogP contribution in [0.25, 0.3) is 0 Å². The number of aromatic nitrogens is 3. The maximum absolute atomic E-state index is 12.4. The van der Waals surface area contributed by atoms with E-state index in [0.29, 0.717) is 36.2 Å². The van der Waals surface area contributed by atoms with E-state index in [2.05, 4.69) is 31.5 Å². The van der Waals surface area contributed by atoms with Gasteiger partial charge in [-0.25, -0.2) is 15.0 Å². The van der Waals surface area contributed by atoms with Crippen LogP contribution in [0.4, 0.5) is 17.3 Å². The Morgan fingerprint density at radius 1 is 1.13 bits per heavy atom. The summed E-state index contributed by atoms with van der Waals surface area (Å²) in [7, 11) is 3.80. The highest BCUT2D eigenvalue weighted by molar-refractivity contribution is 5.84. The molecule has 7 heteroatoms. The number of Topliss-reactive ketones (excluding diaryl/α,β-unsaturated/α-hetero) is 1.